The van der Waals surface area contributed by atoms with E-state index in [0.717, 1.165) is 9.37 Å². The molecule has 1 aliphatic heterocycles. The van der Waals surface area contributed by atoms with E-state index in [9.17, 15) is 24.6 Å². The van der Waals surface area contributed by atoms with Crippen LogP contribution in [-0.4, -0.2) is 37.0 Å². The summed E-state index contributed by atoms with van der Waals surface area (Å²) in [6.07, 6.45) is 0. The number of carbonyl (C=O) groups is 3. The van der Waals surface area contributed by atoms with Gasteiger partial charge >= 0.3 is 5.97 Å². The number of carboxylic acids is 1. The molecule has 8 nitrogen and oxygen atoms in total. The molecule has 9 heteroatoms. The second-order valence-electron chi connectivity index (χ2n) is 7.63. The van der Waals surface area contributed by atoms with Gasteiger partial charge in [0.1, 0.15) is 0 Å². The summed E-state index contributed by atoms with van der Waals surface area (Å²) in [4.78, 5) is 39.1. The Balaban J connectivity index is 1.98. The van der Waals surface area contributed by atoms with Crippen LogP contribution in [0.4, 0.5) is 5.69 Å². The predicted molar refractivity (Wildman–Crippen MR) is 129 cm³/mol. The molecular formula is C26H19BrNO7-. The van der Waals surface area contributed by atoms with Gasteiger partial charge in [-0.15, -0.1) is 0 Å². The van der Waals surface area contributed by atoms with Crippen LogP contribution in [0.1, 0.15) is 27.5 Å². The van der Waals surface area contributed by atoms with Crippen molar-refractivity contribution in [1.82, 2.24) is 0 Å². The molecule has 1 fully saturated rings. The van der Waals surface area contributed by atoms with Gasteiger partial charge in [-0.2, -0.15) is 0 Å². The van der Waals surface area contributed by atoms with Crippen LogP contribution in [0, 0.1) is 0 Å². The Bertz CT molecular complexity index is 1360. The number of anilines is 1. The zero-order valence-electron chi connectivity index (χ0n) is 18.7. The molecule has 4 rings (SSSR count). The van der Waals surface area contributed by atoms with Gasteiger partial charge < -0.3 is 19.7 Å². The summed E-state index contributed by atoms with van der Waals surface area (Å²) in [5.74, 6) is -2.93. The van der Waals surface area contributed by atoms with Gasteiger partial charge in [-0.25, -0.2) is 4.79 Å². The van der Waals surface area contributed by atoms with E-state index in [0.29, 0.717) is 17.1 Å². The van der Waals surface area contributed by atoms with Crippen molar-refractivity contribution in [3.05, 3.63) is 93.5 Å². The minimum absolute atomic E-state index is 0.0681. The molecule has 1 N–H and O–H groups in total. The number of ether oxygens (including phenoxy) is 2. The Labute approximate surface area is 209 Å². The topological polar surface area (TPSA) is 116 Å². The second kappa shape index (κ2) is 9.63. The van der Waals surface area contributed by atoms with Crippen LogP contribution in [0.3, 0.4) is 0 Å². The average molecular weight is 537 g/mol. The first-order chi connectivity index (χ1) is 16.8. The molecule has 0 aliphatic carbocycles. The normalized spacial score (nSPS) is 16.9. The Morgan fingerprint density at radius 3 is 2.26 bits per heavy atom. The van der Waals surface area contributed by atoms with Crippen molar-refractivity contribution in [1.29, 1.82) is 0 Å². The van der Waals surface area contributed by atoms with Crippen molar-refractivity contribution < 1.29 is 34.1 Å². The summed E-state index contributed by atoms with van der Waals surface area (Å²) >= 11 is 3.31. The molecular weight excluding hydrogens is 518 g/mol. The lowest BCUT2D eigenvalue weighted by Gasteiger charge is -2.28. The fourth-order valence-electron chi connectivity index (χ4n) is 3.97. The summed E-state index contributed by atoms with van der Waals surface area (Å²) < 4.78 is 11.4. The molecule has 3 aromatic rings. The minimum Gasteiger partial charge on any atom is -0.872 e. The number of nitrogens with zero attached hydrogens (tertiary/aromatic N) is 1. The molecule has 35 heavy (non-hydrogen) atoms. The molecule has 1 unspecified atom stereocenters. The summed E-state index contributed by atoms with van der Waals surface area (Å²) in [5, 5.41) is 23.0. The summed E-state index contributed by atoms with van der Waals surface area (Å²) in [7, 11) is 2.91. The van der Waals surface area contributed by atoms with Crippen LogP contribution in [0.25, 0.3) is 5.76 Å². The van der Waals surface area contributed by atoms with E-state index in [2.05, 4.69) is 15.9 Å². The quantitative estimate of drug-likeness (QED) is 0.290. The largest absolute Gasteiger partial charge is 0.872 e. The lowest BCUT2D eigenvalue weighted by molar-refractivity contribution is -0.245. The van der Waals surface area contributed by atoms with Gasteiger partial charge in [-0.1, -0.05) is 46.0 Å². The number of aromatic carboxylic acids is 1. The molecule has 0 saturated carbocycles. The van der Waals surface area contributed by atoms with Gasteiger partial charge in [-0.05, 0) is 53.6 Å². The van der Waals surface area contributed by atoms with Crippen LogP contribution in [0.15, 0.2) is 76.8 Å². The molecule has 0 bridgehead atoms. The standard InChI is InChI=1S/C26H20BrNO7/c1-34-19-11-8-15(13-20(19)35-2)22-21(23(29)14-6-9-17(27)10-7-14)24(30)25(31)28(22)18-5-3-4-16(12-18)26(32)33/h3-13,22,29H,1-2H3,(H,32,33)/p-1. The number of carbonyl (C=O) groups excluding carboxylic acids is 2. The Morgan fingerprint density at radius 2 is 1.63 bits per heavy atom. The summed E-state index contributed by atoms with van der Waals surface area (Å²) in [6.45, 7) is 0. The maximum Gasteiger partial charge on any atom is 0.335 e. The Morgan fingerprint density at radius 1 is 0.943 bits per heavy atom. The molecule has 0 aromatic heterocycles. The number of halogens is 1. The fraction of sp³-hybridized carbons (Fsp3) is 0.115. The highest BCUT2D eigenvalue weighted by Crippen LogP contribution is 2.43. The number of methoxy groups -OCH3 is 2. The van der Waals surface area contributed by atoms with Crippen LogP contribution >= 0.6 is 15.9 Å². The zero-order chi connectivity index (χ0) is 25.3. The number of benzene rings is 3. The van der Waals surface area contributed by atoms with Crippen molar-refractivity contribution in [2.75, 3.05) is 19.1 Å². The summed E-state index contributed by atoms with van der Waals surface area (Å²) in [6, 6.07) is 15.8. The molecule has 0 radical (unpaired) electrons. The summed E-state index contributed by atoms with van der Waals surface area (Å²) in [5.41, 5.74) is 0.507. The lowest BCUT2D eigenvalue weighted by atomic mass is 9.94. The lowest BCUT2D eigenvalue weighted by Crippen LogP contribution is -2.29. The van der Waals surface area contributed by atoms with Gasteiger partial charge in [0, 0.05) is 15.7 Å². The average Bonchev–Trinajstić information content (AvgIpc) is 3.13. The number of rotatable bonds is 6. The highest BCUT2D eigenvalue weighted by atomic mass is 79.9. The predicted octanol–water partition coefficient (Wildman–Crippen LogP) is 3.59. The molecule has 3 aromatic carbocycles. The first kappa shape index (κ1) is 24.0. The Kier molecular flexibility index (Phi) is 6.61. The van der Waals surface area contributed by atoms with Crippen LogP contribution in [0.5, 0.6) is 11.5 Å². The third-order valence-corrected chi connectivity index (χ3v) is 6.16. The molecule has 1 atom stereocenters. The van der Waals surface area contributed by atoms with E-state index in [-0.39, 0.29) is 22.4 Å². The van der Waals surface area contributed by atoms with Crippen molar-refractivity contribution in [3.8, 4) is 11.5 Å². The van der Waals surface area contributed by atoms with E-state index in [1.165, 1.54) is 38.5 Å². The molecule has 178 valence electrons. The van der Waals surface area contributed by atoms with E-state index < -0.39 is 29.5 Å². The number of carboxylic acid groups (broad SMARTS) is 1. The zero-order valence-corrected chi connectivity index (χ0v) is 20.2. The molecule has 1 saturated heterocycles. The van der Waals surface area contributed by atoms with Crippen LogP contribution < -0.4 is 19.5 Å². The maximum absolute atomic E-state index is 13.5. The van der Waals surface area contributed by atoms with Crippen molar-refractivity contribution in [3.63, 3.8) is 0 Å². The van der Waals surface area contributed by atoms with Gasteiger partial charge in [0.05, 0.1) is 25.8 Å². The van der Waals surface area contributed by atoms with Gasteiger partial charge in [-0.3, -0.25) is 14.5 Å². The number of amides is 1. The van der Waals surface area contributed by atoms with Crippen molar-refractivity contribution in [2.45, 2.75) is 6.04 Å². The van der Waals surface area contributed by atoms with Crippen molar-refractivity contribution in [2.24, 2.45) is 0 Å². The first-order valence-corrected chi connectivity index (χ1v) is 11.2. The SMILES string of the molecule is COc1ccc(C2C(=C([O-])c3ccc(Br)cc3)C(=O)C(=O)N2c2cccc(C(=O)O)c2)cc1OC. The van der Waals surface area contributed by atoms with E-state index in [1.807, 2.05) is 0 Å². The molecule has 1 amide bonds. The number of hydrogen-bond acceptors (Lipinski definition) is 6. The van der Waals surface area contributed by atoms with Crippen LogP contribution in [-0.2, 0) is 9.59 Å². The smallest absolute Gasteiger partial charge is 0.335 e. The third-order valence-electron chi connectivity index (χ3n) is 5.63. The fourth-order valence-corrected chi connectivity index (χ4v) is 4.24. The third kappa shape index (κ3) is 4.38. The van der Waals surface area contributed by atoms with E-state index in [4.69, 9.17) is 9.47 Å². The molecule has 0 spiro atoms. The highest BCUT2D eigenvalue weighted by molar-refractivity contribution is 9.10. The molecule has 1 heterocycles. The second-order valence-corrected chi connectivity index (χ2v) is 8.54. The maximum atomic E-state index is 13.5. The highest BCUT2D eigenvalue weighted by Gasteiger charge is 2.45. The number of Topliss-reactive ketones (excluding diaryl/α,β-unsaturated/α-hetero) is 1. The van der Waals surface area contributed by atoms with Crippen LogP contribution in [0.2, 0.25) is 0 Å². The Hall–Kier alpha value is -4.11. The van der Waals surface area contributed by atoms with Gasteiger partial charge in [0.2, 0.25) is 5.78 Å². The van der Waals surface area contributed by atoms with E-state index in [1.54, 1.807) is 42.5 Å². The minimum atomic E-state index is -1.19. The number of ketones is 1. The first-order valence-electron chi connectivity index (χ1n) is 10.4. The monoisotopic (exact) mass is 536 g/mol. The molecule has 1 aliphatic rings. The van der Waals surface area contributed by atoms with Gasteiger partial charge in [0.25, 0.3) is 5.91 Å². The van der Waals surface area contributed by atoms with E-state index >= 15 is 0 Å². The number of hydrogen-bond donors (Lipinski definition) is 1. The van der Waals surface area contributed by atoms with Crippen molar-refractivity contribution >= 4 is 45.0 Å². The van der Waals surface area contributed by atoms with Gasteiger partial charge in [0.15, 0.2) is 11.5 Å².